The molecule has 2 aliphatic rings. The van der Waals surface area contributed by atoms with Crippen LogP contribution in [-0.4, -0.2) is 25.2 Å². The molecule has 136 valence electrons. The molecule has 1 aliphatic heterocycles. The van der Waals surface area contributed by atoms with Crippen LogP contribution in [0.1, 0.15) is 28.7 Å². The van der Waals surface area contributed by atoms with Crippen molar-refractivity contribution in [3.05, 3.63) is 70.8 Å². The first-order valence-electron chi connectivity index (χ1n) is 9.66. The Balaban J connectivity index is 1.14. The van der Waals surface area contributed by atoms with Crippen molar-refractivity contribution in [1.29, 1.82) is 0 Å². The molecule has 3 N–H and O–H groups in total. The summed E-state index contributed by atoms with van der Waals surface area (Å²) < 4.78 is 0. The van der Waals surface area contributed by atoms with Gasteiger partial charge >= 0.3 is 6.03 Å². The molecule has 26 heavy (non-hydrogen) atoms. The van der Waals surface area contributed by atoms with Gasteiger partial charge in [0.25, 0.3) is 0 Å². The topological polar surface area (TPSA) is 53.2 Å². The zero-order valence-corrected chi connectivity index (χ0v) is 15.1. The number of hydrogen-bond acceptors (Lipinski definition) is 2. The Hall–Kier alpha value is -2.33. The highest BCUT2D eigenvalue weighted by Crippen LogP contribution is 2.28. The quantitative estimate of drug-likeness (QED) is 0.777. The van der Waals surface area contributed by atoms with E-state index in [1.165, 1.54) is 22.3 Å². The van der Waals surface area contributed by atoms with E-state index < -0.39 is 0 Å². The summed E-state index contributed by atoms with van der Waals surface area (Å²) in [6, 6.07) is 17.5. The van der Waals surface area contributed by atoms with E-state index in [0.717, 1.165) is 38.8 Å². The summed E-state index contributed by atoms with van der Waals surface area (Å²) in [5, 5.41) is 9.53. The third-order valence-corrected chi connectivity index (χ3v) is 5.65. The van der Waals surface area contributed by atoms with Crippen molar-refractivity contribution in [3.63, 3.8) is 0 Å². The van der Waals surface area contributed by atoms with Crippen LogP contribution in [0, 0.1) is 5.92 Å². The molecule has 2 aromatic rings. The van der Waals surface area contributed by atoms with Crippen LogP contribution in [0.3, 0.4) is 0 Å². The van der Waals surface area contributed by atoms with Gasteiger partial charge in [-0.3, -0.25) is 0 Å². The Kier molecular flexibility index (Phi) is 5.21. The van der Waals surface area contributed by atoms with E-state index in [4.69, 9.17) is 0 Å². The van der Waals surface area contributed by atoms with E-state index in [-0.39, 0.29) is 6.03 Å². The van der Waals surface area contributed by atoms with Crippen molar-refractivity contribution >= 4 is 6.03 Å². The van der Waals surface area contributed by atoms with Gasteiger partial charge in [0, 0.05) is 25.7 Å². The van der Waals surface area contributed by atoms with Crippen molar-refractivity contribution in [2.24, 2.45) is 5.92 Å². The Bertz CT molecular complexity index is 748. The molecule has 4 rings (SSSR count). The fraction of sp³-hybridized carbons (Fsp3) is 0.409. The number of hydrogen-bond donors (Lipinski definition) is 3. The molecule has 1 unspecified atom stereocenters. The van der Waals surface area contributed by atoms with E-state index in [9.17, 15) is 4.79 Å². The van der Waals surface area contributed by atoms with Gasteiger partial charge in [0.05, 0.1) is 0 Å². The van der Waals surface area contributed by atoms with Crippen LogP contribution < -0.4 is 16.0 Å². The van der Waals surface area contributed by atoms with Gasteiger partial charge in [-0.25, -0.2) is 4.79 Å². The number of benzene rings is 2. The SMILES string of the molecule is O=C(NCCC1Cc2ccccc2C1)NCC1Cc2ccccc2CN1. The number of carbonyl (C=O) groups is 1. The minimum absolute atomic E-state index is 0.0545. The Morgan fingerprint density at radius 2 is 1.50 bits per heavy atom. The lowest BCUT2D eigenvalue weighted by Gasteiger charge is -2.26. The summed E-state index contributed by atoms with van der Waals surface area (Å²) in [5.41, 5.74) is 5.71. The number of fused-ring (bicyclic) bond motifs is 2. The summed E-state index contributed by atoms with van der Waals surface area (Å²) in [6.07, 6.45) is 4.30. The van der Waals surface area contributed by atoms with E-state index in [0.29, 0.717) is 18.5 Å². The van der Waals surface area contributed by atoms with Gasteiger partial charge in [0.15, 0.2) is 0 Å². The van der Waals surface area contributed by atoms with Gasteiger partial charge in [-0.05, 0) is 53.9 Å². The monoisotopic (exact) mass is 349 g/mol. The maximum absolute atomic E-state index is 12.1. The second-order valence-electron chi connectivity index (χ2n) is 7.52. The average Bonchev–Trinajstić information content (AvgIpc) is 3.09. The minimum Gasteiger partial charge on any atom is -0.338 e. The zero-order chi connectivity index (χ0) is 17.8. The largest absolute Gasteiger partial charge is 0.338 e. The summed E-state index contributed by atoms with van der Waals surface area (Å²) in [4.78, 5) is 12.1. The Labute approximate surface area is 155 Å². The van der Waals surface area contributed by atoms with Gasteiger partial charge in [-0.2, -0.15) is 0 Å². The zero-order valence-electron chi connectivity index (χ0n) is 15.1. The van der Waals surface area contributed by atoms with Crippen LogP contribution >= 0.6 is 0 Å². The van der Waals surface area contributed by atoms with Crippen molar-refractivity contribution < 1.29 is 4.79 Å². The maximum Gasteiger partial charge on any atom is 0.314 e. The minimum atomic E-state index is -0.0545. The van der Waals surface area contributed by atoms with Gasteiger partial charge in [0.2, 0.25) is 0 Å². The van der Waals surface area contributed by atoms with E-state index in [1.54, 1.807) is 0 Å². The van der Waals surface area contributed by atoms with Crippen LogP contribution in [0.25, 0.3) is 0 Å². The van der Waals surface area contributed by atoms with Crippen molar-refractivity contribution in [2.75, 3.05) is 13.1 Å². The predicted octanol–water partition coefficient (Wildman–Crippen LogP) is 2.81. The summed E-state index contributed by atoms with van der Waals surface area (Å²) in [5.74, 6) is 0.657. The lowest BCUT2D eigenvalue weighted by Crippen LogP contribution is -2.47. The normalized spacial score (nSPS) is 18.8. The smallest absolute Gasteiger partial charge is 0.314 e. The average molecular weight is 349 g/mol. The molecule has 4 nitrogen and oxygen atoms in total. The second kappa shape index (κ2) is 7.92. The first kappa shape index (κ1) is 17.1. The van der Waals surface area contributed by atoms with Crippen molar-refractivity contribution in [3.8, 4) is 0 Å². The Morgan fingerprint density at radius 3 is 2.19 bits per heavy atom. The third kappa shape index (κ3) is 4.07. The standard InChI is InChI=1S/C22H27N3O/c26-22(23-10-9-16-11-17-5-1-2-6-18(17)12-16)25-15-21-13-19-7-3-4-8-20(19)14-24-21/h1-8,16,21,24H,9-15H2,(H2,23,25,26). The molecule has 0 aromatic heterocycles. The molecule has 0 radical (unpaired) electrons. The van der Waals surface area contributed by atoms with Crippen LogP contribution in [0.4, 0.5) is 4.79 Å². The van der Waals surface area contributed by atoms with Gasteiger partial charge < -0.3 is 16.0 Å². The molecule has 0 saturated heterocycles. The highest BCUT2D eigenvalue weighted by molar-refractivity contribution is 5.73. The fourth-order valence-electron chi connectivity index (χ4n) is 4.19. The molecule has 4 heteroatoms. The summed E-state index contributed by atoms with van der Waals surface area (Å²) in [6.45, 7) is 2.28. The molecule has 0 fully saturated rings. The van der Waals surface area contributed by atoms with Gasteiger partial charge in [-0.15, -0.1) is 0 Å². The molecular weight excluding hydrogens is 322 g/mol. The van der Waals surface area contributed by atoms with Crippen LogP contribution in [0.2, 0.25) is 0 Å². The first-order chi connectivity index (χ1) is 12.8. The lowest BCUT2D eigenvalue weighted by molar-refractivity contribution is 0.238. The number of nitrogens with one attached hydrogen (secondary N) is 3. The molecule has 1 heterocycles. The molecule has 1 aliphatic carbocycles. The summed E-state index contributed by atoms with van der Waals surface area (Å²) in [7, 11) is 0. The van der Waals surface area contributed by atoms with Crippen molar-refractivity contribution in [2.45, 2.75) is 38.3 Å². The molecule has 0 bridgehead atoms. The lowest BCUT2D eigenvalue weighted by atomic mass is 9.96. The number of carbonyl (C=O) groups excluding carboxylic acids is 1. The second-order valence-corrected chi connectivity index (χ2v) is 7.52. The van der Waals surface area contributed by atoms with Crippen LogP contribution in [0.15, 0.2) is 48.5 Å². The molecule has 1 atom stereocenters. The van der Waals surface area contributed by atoms with Crippen molar-refractivity contribution in [1.82, 2.24) is 16.0 Å². The Morgan fingerprint density at radius 1 is 0.885 bits per heavy atom. The molecule has 0 saturated carbocycles. The number of rotatable bonds is 5. The highest BCUT2D eigenvalue weighted by atomic mass is 16.2. The molecule has 2 amide bonds. The van der Waals surface area contributed by atoms with E-state index in [1.807, 2.05) is 0 Å². The predicted molar refractivity (Wildman–Crippen MR) is 104 cm³/mol. The summed E-state index contributed by atoms with van der Waals surface area (Å²) >= 11 is 0. The van der Waals surface area contributed by atoms with E-state index in [2.05, 4.69) is 64.5 Å². The van der Waals surface area contributed by atoms with Crippen LogP contribution in [-0.2, 0) is 25.8 Å². The van der Waals surface area contributed by atoms with Gasteiger partial charge in [-0.1, -0.05) is 48.5 Å². The molecular formula is C22H27N3O. The van der Waals surface area contributed by atoms with Gasteiger partial charge in [0.1, 0.15) is 0 Å². The van der Waals surface area contributed by atoms with E-state index >= 15 is 0 Å². The fourth-order valence-corrected chi connectivity index (χ4v) is 4.19. The number of urea groups is 1. The first-order valence-corrected chi connectivity index (χ1v) is 9.66. The molecule has 0 spiro atoms. The molecule has 2 aromatic carbocycles. The third-order valence-electron chi connectivity index (χ3n) is 5.65. The highest BCUT2D eigenvalue weighted by Gasteiger charge is 2.21. The van der Waals surface area contributed by atoms with Crippen LogP contribution in [0.5, 0.6) is 0 Å². The number of amides is 2. The maximum atomic E-state index is 12.1.